The summed E-state index contributed by atoms with van der Waals surface area (Å²) in [6, 6.07) is 8.26. The Kier molecular flexibility index (Phi) is 6.56. The molecule has 0 N–H and O–H groups in total. The molecule has 2 aliphatic rings. The molecule has 0 saturated heterocycles. The molecule has 2 aliphatic carbocycles. The van der Waals surface area contributed by atoms with Crippen LogP contribution in [-0.4, -0.2) is 12.1 Å². The van der Waals surface area contributed by atoms with Gasteiger partial charge < -0.3 is 4.74 Å². The summed E-state index contributed by atoms with van der Waals surface area (Å²) in [5.74, 6) is 2.26. The average molecular weight is 343 g/mol. The van der Waals surface area contributed by atoms with Crippen LogP contribution in [0.5, 0.6) is 0 Å². The lowest BCUT2D eigenvalue weighted by atomic mass is 9.77. The first kappa shape index (κ1) is 18.5. The molecule has 0 radical (unpaired) electrons. The Balaban J connectivity index is 1.51. The quantitative estimate of drug-likeness (QED) is 0.571. The highest BCUT2D eigenvalue weighted by molar-refractivity contribution is 5.89. The molecular weight excluding hydrogens is 308 g/mol. The number of rotatable bonds is 5. The Morgan fingerprint density at radius 1 is 0.960 bits per heavy atom. The summed E-state index contributed by atoms with van der Waals surface area (Å²) in [7, 11) is 0. The molecule has 0 amide bonds. The minimum absolute atomic E-state index is 0.122. The van der Waals surface area contributed by atoms with Gasteiger partial charge in [0.2, 0.25) is 0 Å². The summed E-state index contributed by atoms with van der Waals surface area (Å²) in [6.07, 6.45) is 12.5. The second kappa shape index (κ2) is 8.87. The molecule has 0 unspecified atom stereocenters. The van der Waals surface area contributed by atoms with Crippen LogP contribution in [0.25, 0.3) is 0 Å². The van der Waals surface area contributed by atoms with Crippen molar-refractivity contribution in [3.63, 3.8) is 0 Å². The lowest BCUT2D eigenvalue weighted by Crippen LogP contribution is -2.23. The van der Waals surface area contributed by atoms with Crippen molar-refractivity contribution in [1.29, 1.82) is 0 Å². The minimum Gasteiger partial charge on any atom is -0.459 e. The van der Waals surface area contributed by atoms with Crippen LogP contribution in [0.2, 0.25) is 0 Å². The van der Waals surface area contributed by atoms with Crippen molar-refractivity contribution < 1.29 is 9.53 Å². The van der Waals surface area contributed by atoms with Crippen LogP contribution >= 0.6 is 0 Å². The molecule has 3 rings (SSSR count). The van der Waals surface area contributed by atoms with E-state index in [1.54, 1.807) is 0 Å². The van der Waals surface area contributed by atoms with Gasteiger partial charge >= 0.3 is 5.97 Å². The fraction of sp³-hybridized carbons (Fsp3) is 0.696. The molecule has 25 heavy (non-hydrogen) atoms. The molecule has 1 aromatic rings. The van der Waals surface area contributed by atoms with Crippen molar-refractivity contribution in [2.24, 2.45) is 11.8 Å². The number of hydrogen-bond donors (Lipinski definition) is 0. The molecule has 2 heteroatoms. The van der Waals surface area contributed by atoms with Crippen molar-refractivity contribution in [2.45, 2.75) is 90.1 Å². The predicted octanol–water partition coefficient (Wildman–Crippen LogP) is 6.50. The van der Waals surface area contributed by atoms with E-state index in [9.17, 15) is 4.79 Å². The van der Waals surface area contributed by atoms with Gasteiger partial charge in [0.05, 0.1) is 5.56 Å². The van der Waals surface area contributed by atoms with E-state index in [1.807, 2.05) is 12.1 Å². The number of esters is 1. The van der Waals surface area contributed by atoms with Crippen molar-refractivity contribution in [2.75, 3.05) is 0 Å². The summed E-state index contributed by atoms with van der Waals surface area (Å²) in [4.78, 5) is 12.4. The monoisotopic (exact) mass is 342 g/mol. The van der Waals surface area contributed by atoms with Gasteiger partial charge in [-0.15, -0.1) is 0 Å². The van der Waals surface area contributed by atoms with Crippen LogP contribution in [0.3, 0.4) is 0 Å². The third-order valence-electron chi connectivity index (χ3n) is 6.40. The maximum Gasteiger partial charge on any atom is 0.338 e. The third kappa shape index (κ3) is 5.09. The van der Waals surface area contributed by atoms with E-state index < -0.39 is 0 Å². The maximum absolute atomic E-state index is 12.4. The topological polar surface area (TPSA) is 26.3 Å². The number of benzene rings is 1. The van der Waals surface area contributed by atoms with Gasteiger partial charge in [0, 0.05) is 0 Å². The highest BCUT2D eigenvalue weighted by atomic mass is 16.5. The maximum atomic E-state index is 12.4. The summed E-state index contributed by atoms with van der Waals surface area (Å²) in [6.45, 7) is 4.57. The van der Waals surface area contributed by atoms with Gasteiger partial charge in [-0.1, -0.05) is 38.8 Å². The molecule has 0 spiro atoms. The molecule has 0 heterocycles. The van der Waals surface area contributed by atoms with Gasteiger partial charge in [0.25, 0.3) is 0 Å². The summed E-state index contributed by atoms with van der Waals surface area (Å²) < 4.78 is 5.71. The van der Waals surface area contributed by atoms with Gasteiger partial charge in [-0.05, 0) is 86.8 Å². The van der Waals surface area contributed by atoms with Crippen molar-refractivity contribution in [3.8, 4) is 0 Å². The zero-order valence-corrected chi connectivity index (χ0v) is 16.0. The molecule has 0 aliphatic heterocycles. The van der Waals surface area contributed by atoms with Gasteiger partial charge in [0.15, 0.2) is 0 Å². The largest absolute Gasteiger partial charge is 0.459 e. The first-order chi connectivity index (χ1) is 12.2. The highest BCUT2D eigenvalue weighted by Crippen LogP contribution is 2.37. The Bertz CT molecular complexity index is 532. The molecule has 0 bridgehead atoms. The number of carbonyl (C=O) groups excluding carboxylic acids is 1. The lowest BCUT2D eigenvalue weighted by Gasteiger charge is -2.28. The first-order valence-electron chi connectivity index (χ1n) is 10.5. The van der Waals surface area contributed by atoms with Crippen LogP contribution in [0, 0.1) is 11.8 Å². The van der Waals surface area contributed by atoms with Crippen LogP contribution in [0.15, 0.2) is 24.3 Å². The zero-order chi connectivity index (χ0) is 17.6. The van der Waals surface area contributed by atoms with E-state index in [0.29, 0.717) is 11.5 Å². The van der Waals surface area contributed by atoms with Crippen molar-refractivity contribution in [3.05, 3.63) is 35.4 Å². The molecule has 0 aromatic heterocycles. The highest BCUT2D eigenvalue weighted by Gasteiger charge is 2.24. The smallest absolute Gasteiger partial charge is 0.338 e. The van der Waals surface area contributed by atoms with Crippen molar-refractivity contribution in [1.82, 2.24) is 0 Å². The second-order valence-corrected chi connectivity index (χ2v) is 8.42. The molecular formula is C23H34O2. The van der Waals surface area contributed by atoms with Gasteiger partial charge in [-0.3, -0.25) is 0 Å². The van der Waals surface area contributed by atoms with E-state index in [4.69, 9.17) is 4.74 Å². The Labute approximate surface area is 153 Å². The Morgan fingerprint density at radius 2 is 1.60 bits per heavy atom. The Morgan fingerprint density at radius 3 is 2.20 bits per heavy atom. The summed E-state index contributed by atoms with van der Waals surface area (Å²) in [5, 5.41) is 0. The van der Waals surface area contributed by atoms with E-state index in [1.165, 1.54) is 56.9 Å². The van der Waals surface area contributed by atoms with Crippen LogP contribution in [0.1, 0.15) is 99.9 Å². The Hall–Kier alpha value is -1.31. The molecule has 2 saturated carbocycles. The second-order valence-electron chi connectivity index (χ2n) is 8.42. The van der Waals surface area contributed by atoms with E-state index in [2.05, 4.69) is 26.0 Å². The SMILES string of the molecule is CCCC1CCC(c2ccc(C(=O)OC3CCC(C)CC3)cc2)CC1. The minimum atomic E-state index is -0.141. The zero-order valence-electron chi connectivity index (χ0n) is 16.0. The normalized spacial score (nSPS) is 30.0. The van der Waals surface area contributed by atoms with Crippen LogP contribution in [0.4, 0.5) is 0 Å². The first-order valence-corrected chi connectivity index (χ1v) is 10.5. The predicted molar refractivity (Wildman–Crippen MR) is 103 cm³/mol. The fourth-order valence-corrected chi connectivity index (χ4v) is 4.65. The van der Waals surface area contributed by atoms with E-state index in [0.717, 1.165) is 24.7 Å². The van der Waals surface area contributed by atoms with E-state index >= 15 is 0 Å². The number of ether oxygens (including phenoxy) is 1. The summed E-state index contributed by atoms with van der Waals surface area (Å²) in [5.41, 5.74) is 2.11. The molecule has 1 aromatic carbocycles. The average Bonchev–Trinajstić information content (AvgIpc) is 2.65. The molecule has 2 fully saturated rings. The van der Waals surface area contributed by atoms with Crippen molar-refractivity contribution >= 4 is 5.97 Å². The van der Waals surface area contributed by atoms with Crippen LogP contribution < -0.4 is 0 Å². The van der Waals surface area contributed by atoms with Gasteiger partial charge in [0.1, 0.15) is 6.10 Å². The van der Waals surface area contributed by atoms with E-state index in [-0.39, 0.29) is 12.1 Å². The summed E-state index contributed by atoms with van der Waals surface area (Å²) >= 11 is 0. The third-order valence-corrected chi connectivity index (χ3v) is 6.40. The fourth-order valence-electron chi connectivity index (χ4n) is 4.65. The molecule has 0 atom stereocenters. The standard InChI is InChI=1S/C23H34O2/c1-3-4-18-7-9-19(10-8-18)20-11-13-21(14-12-20)23(24)25-22-15-5-17(2)6-16-22/h11-14,17-19,22H,3-10,15-16H2,1-2H3. The lowest BCUT2D eigenvalue weighted by molar-refractivity contribution is 0.0174. The number of hydrogen-bond acceptors (Lipinski definition) is 2. The van der Waals surface area contributed by atoms with Gasteiger partial charge in [-0.2, -0.15) is 0 Å². The molecule has 138 valence electrons. The molecule has 2 nitrogen and oxygen atoms in total. The number of carbonyl (C=O) groups is 1. The van der Waals surface area contributed by atoms with Gasteiger partial charge in [-0.25, -0.2) is 4.79 Å². The van der Waals surface area contributed by atoms with Crippen LogP contribution in [-0.2, 0) is 4.74 Å².